The summed E-state index contributed by atoms with van der Waals surface area (Å²) in [6, 6.07) is 15.0. The molecular weight excluding hydrogens is 432 g/mol. The molecule has 0 radical (unpaired) electrons. The van der Waals surface area contributed by atoms with Crippen LogP contribution in [0.2, 0.25) is 0 Å². The Bertz CT molecular complexity index is 1240. The fraction of sp³-hybridized carbons (Fsp3) is 0.217. The molecule has 0 spiro atoms. The van der Waals surface area contributed by atoms with E-state index in [-0.39, 0.29) is 18.1 Å². The van der Waals surface area contributed by atoms with Crippen LogP contribution < -0.4 is 10.5 Å². The van der Waals surface area contributed by atoms with Crippen LogP contribution in [0, 0.1) is 6.92 Å². The molecule has 0 saturated carbocycles. The Hall–Kier alpha value is -3.43. The Labute approximate surface area is 187 Å². The smallest absolute Gasteiger partial charge is 0.264 e. The number of carbonyl (C=O) groups excluding carboxylic acids is 2. The van der Waals surface area contributed by atoms with E-state index in [1.54, 1.807) is 23.8 Å². The standard InChI is InChI=1S/C21H20N2O3.C2H6O3S/c1-14-17(13-20(22)24)18-12-16(26-2)9-10-19(18)23(14)21(25)11-8-15-6-4-3-5-7-15;1-2-6(3,4)5/h3-12H,13H2,1-2H3,(H2,22,24);2H2,1H3,(H,3,4,5)/b11-8+;. The fourth-order valence-corrected chi connectivity index (χ4v) is 3.08. The van der Waals surface area contributed by atoms with Gasteiger partial charge >= 0.3 is 0 Å². The lowest BCUT2D eigenvalue weighted by atomic mass is 10.1. The van der Waals surface area contributed by atoms with E-state index in [4.69, 9.17) is 15.0 Å². The highest BCUT2D eigenvalue weighted by Crippen LogP contribution is 2.30. The third-order valence-electron chi connectivity index (χ3n) is 4.70. The highest BCUT2D eigenvalue weighted by molar-refractivity contribution is 7.85. The van der Waals surface area contributed by atoms with Crippen LogP contribution in [0.15, 0.2) is 54.6 Å². The van der Waals surface area contributed by atoms with Gasteiger partial charge in [0.25, 0.3) is 16.0 Å². The predicted molar refractivity (Wildman–Crippen MR) is 124 cm³/mol. The number of methoxy groups -OCH3 is 1. The Morgan fingerprint density at radius 1 is 1.16 bits per heavy atom. The van der Waals surface area contributed by atoms with Crippen LogP contribution in [-0.2, 0) is 21.3 Å². The summed E-state index contributed by atoms with van der Waals surface area (Å²) in [6.45, 7) is 3.19. The van der Waals surface area contributed by atoms with E-state index < -0.39 is 16.0 Å². The first-order valence-corrected chi connectivity index (χ1v) is 11.4. The van der Waals surface area contributed by atoms with Gasteiger partial charge in [-0.2, -0.15) is 8.42 Å². The van der Waals surface area contributed by atoms with Gasteiger partial charge < -0.3 is 10.5 Å². The third-order valence-corrected chi connectivity index (χ3v) is 5.43. The molecule has 0 saturated heterocycles. The van der Waals surface area contributed by atoms with E-state index in [9.17, 15) is 18.0 Å². The number of nitrogens with two attached hydrogens (primary N) is 1. The quantitative estimate of drug-likeness (QED) is 0.431. The van der Waals surface area contributed by atoms with E-state index in [1.165, 1.54) is 13.0 Å². The van der Waals surface area contributed by atoms with Crippen molar-refractivity contribution in [2.24, 2.45) is 5.73 Å². The van der Waals surface area contributed by atoms with E-state index in [1.807, 2.05) is 49.4 Å². The van der Waals surface area contributed by atoms with Crippen molar-refractivity contribution in [2.45, 2.75) is 20.3 Å². The number of hydrogen-bond acceptors (Lipinski definition) is 5. The second-order valence-electron chi connectivity index (χ2n) is 6.88. The molecular formula is C23H26N2O6S. The number of primary amides is 1. The third kappa shape index (κ3) is 6.53. The van der Waals surface area contributed by atoms with Gasteiger partial charge in [-0.15, -0.1) is 0 Å². The number of fused-ring (bicyclic) bond motifs is 1. The van der Waals surface area contributed by atoms with E-state index >= 15 is 0 Å². The van der Waals surface area contributed by atoms with E-state index in [0.717, 1.165) is 22.0 Å². The van der Waals surface area contributed by atoms with Crippen molar-refractivity contribution in [3.8, 4) is 5.75 Å². The van der Waals surface area contributed by atoms with Crippen LogP contribution in [0.1, 0.15) is 28.5 Å². The lowest BCUT2D eigenvalue weighted by molar-refractivity contribution is -0.117. The molecule has 3 rings (SSSR count). The van der Waals surface area contributed by atoms with Gasteiger partial charge in [0.1, 0.15) is 5.75 Å². The minimum Gasteiger partial charge on any atom is -0.497 e. The number of benzene rings is 2. The van der Waals surface area contributed by atoms with Crippen LogP contribution in [0.5, 0.6) is 5.75 Å². The van der Waals surface area contributed by atoms with Crippen molar-refractivity contribution >= 4 is 38.9 Å². The number of carbonyl (C=O) groups is 2. The van der Waals surface area contributed by atoms with Crippen molar-refractivity contribution < 1.29 is 27.3 Å². The molecule has 0 aliphatic heterocycles. The van der Waals surface area contributed by atoms with Gasteiger partial charge in [0.05, 0.1) is 24.8 Å². The summed E-state index contributed by atoms with van der Waals surface area (Å²) in [7, 11) is -2.09. The summed E-state index contributed by atoms with van der Waals surface area (Å²) in [5.74, 6) is -0.167. The maximum atomic E-state index is 12.8. The van der Waals surface area contributed by atoms with Crippen LogP contribution in [0.3, 0.4) is 0 Å². The second-order valence-corrected chi connectivity index (χ2v) is 8.62. The molecule has 1 heterocycles. The van der Waals surface area contributed by atoms with Crippen molar-refractivity contribution in [3.05, 3.63) is 71.4 Å². The molecule has 1 aromatic heterocycles. The molecule has 0 fully saturated rings. The first kappa shape index (κ1) is 24.8. The molecule has 3 N–H and O–H groups in total. The average Bonchev–Trinajstić information content (AvgIpc) is 3.03. The molecule has 2 aromatic carbocycles. The minimum absolute atomic E-state index is 0.0676. The van der Waals surface area contributed by atoms with Crippen molar-refractivity contribution in [2.75, 3.05) is 12.9 Å². The Kier molecular flexibility index (Phi) is 8.34. The van der Waals surface area contributed by atoms with Gasteiger partial charge in [0, 0.05) is 17.2 Å². The van der Waals surface area contributed by atoms with E-state index in [2.05, 4.69) is 0 Å². The monoisotopic (exact) mass is 458 g/mol. The van der Waals surface area contributed by atoms with Crippen molar-refractivity contribution in [3.63, 3.8) is 0 Å². The summed E-state index contributed by atoms with van der Waals surface area (Å²) < 4.78 is 33.8. The summed E-state index contributed by atoms with van der Waals surface area (Å²) in [5, 5.41) is 0.794. The largest absolute Gasteiger partial charge is 0.497 e. The number of ether oxygens (including phenoxy) is 1. The molecule has 9 heteroatoms. The Morgan fingerprint density at radius 3 is 2.31 bits per heavy atom. The maximum Gasteiger partial charge on any atom is 0.264 e. The van der Waals surface area contributed by atoms with Crippen LogP contribution in [0.25, 0.3) is 17.0 Å². The molecule has 32 heavy (non-hydrogen) atoms. The molecule has 0 aliphatic rings. The summed E-state index contributed by atoms with van der Waals surface area (Å²) in [4.78, 5) is 24.3. The molecule has 3 aromatic rings. The number of amides is 1. The SMILES string of the molecule is CCS(=O)(=O)O.COc1ccc2c(c1)c(CC(N)=O)c(C)n2C(=O)/C=C/c1ccccc1. The summed E-state index contributed by atoms with van der Waals surface area (Å²) in [6.07, 6.45) is 3.36. The van der Waals surface area contributed by atoms with Crippen molar-refractivity contribution in [1.82, 2.24) is 4.57 Å². The maximum absolute atomic E-state index is 12.8. The predicted octanol–water partition coefficient (Wildman–Crippen LogP) is 3.23. The highest BCUT2D eigenvalue weighted by atomic mass is 32.2. The minimum atomic E-state index is -3.66. The second kappa shape index (κ2) is 10.7. The molecule has 0 unspecified atom stereocenters. The van der Waals surface area contributed by atoms with Gasteiger partial charge in [0.2, 0.25) is 5.91 Å². The zero-order valence-corrected chi connectivity index (χ0v) is 18.9. The van der Waals surface area contributed by atoms with Gasteiger partial charge in [-0.25, -0.2) is 0 Å². The molecule has 170 valence electrons. The van der Waals surface area contributed by atoms with Crippen LogP contribution in [-0.4, -0.2) is 42.2 Å². The zero-order chi connectivity index (χ0) is 23.9. The first-order valence-electron chi connectivity index (χ1n) is 9.76. The van der Waals surface area contributed by atoms with Crippen LogP contribution in [0.4, 0.5) is 0 Å². The van der Waals surface area contributed by atoms with E-state index in [0.29, 0.717) is 11.4 Å². The lowest BCUT2D eigenvalue weighted by Crippen LogP contribution is -2.15. The number of rotatable bonds is 6. The van der Waals surface area contributed by atoms with Gasteiger partial charge in [0.15, 0.2) is 0 Å². The van der Waals surface area contributed by atoms with Crippen molar-refractivity contribution in [1.29, 1.82) is 0 Å². The average molecular weight is 459 g/mol. The summed E-state index contributed by atoms with van der Waals surface area (Å²) >= 11 is 0. The van der Waals surface area contributed by atoms with Gasteiger partial charge in [-0.3, -0.25) is 18.7 Å². The lowest BCUT2D eigenvalue weighted by Gasteiger charge is -2.04. The molecule has 0 bridgehead atoms. The number of allylic oxidation sites excluding steroid dienone is 1. The topological polar surface area (TPSA) is 129 Å². The normalized spacial score (nSPS) is 11.2. The number of nitrogens with zero attached hydrogens (tertiary/aromatic N) is 1. The number of hydrogen-bond donors (Lipinski definition) is 2. The molecule has 0 atom stereocenters. The fourth-order valence-electron chi connectivity index (χ4n) is 3.08. The summed E-state index contributed by atoms with van der Waals surface area (Å²) in [5.41, 5.74) is 8.51. The number of aromatic nitrogens is 1. The van der Waals surface area contributed by atoms with Gasteiger partial charge in [-0.05, 0) is 49.2 Å². The van der Waals surface area contributed by atoms with Crippen LogP contribution >= 0.6 is 0 Å². The Morgan fingerprint density at radius 2 is 1.78 bits per heavy atom. The molecule has 8 nitrogen and oxygen atoms in total. The molecule has 1 amide bonds. The highest BCUT2D eigenvalue weighted by Gasteiger charge is 2.19. The first-order chi connectivity index (χ1) is 15.1. The van der Waals surface area contributed by atoms with Gasteiger partial charge in [-0.1, -0.05) is 30.3 Å². The zero-order valence-electron chi connectivity index (χ0n) is 18.1. The Balaban J connectivity index is 0.000000534. The molecule has 0 aliphatic carbocycles.